The van der Waals surface area contributed by atoms with Crippen LogP contribution in [0.4, 0.5) is 32.0 Å². The summed E-state index contributed by atoms with van der Waals surface area (Å²) >= 11 is 0. The first-order valence-corrected chi connectivity index (χ1v) is 10.2. The maximum Gasteiger partial charge on any atom is 0.417 e. The van der Waals surface area contributed by atoms with Gasteiger partial charge in [-0.15, -0.1) is 0 Å². The standard InChI is InChI=1S/C22H21F6N3O4/c1-9-14(11-5-6-12(23)15(18(24)25)16(11)34-3)17(35-21(9,2)22(26,27)28)20(33)31-10-4-7-13(19(29)32)30-8-10/h4-9,14,17-18H,1-3H3,(H2,29,32)(H,31,33)/t9-,14-,17+,21+/m1/s1. The Kier molecular flexibility index (Phi) is 7.02. The van der Waals surface area contributed by atoms with Gasteiger partial charge in [0.05, 0.1) is 24.6 Å². The molecule has 7 nitrogen and oxygen atoms in total. The van der Waals surface area contributed by atoms with E-state index < -0.39 is 65.1 Å². The number of nitrogens with two attached hydrogens (primary N) is 1. The molecule has 3 N–H and O–H groups in total. The molecular weight excluding hydrogens is 484 g/mol. The summed E-state index contributed by atoms with van der Waals surface area (Å²) in [6, 6.07) is 4.10. The first-order valence-electron chi connectivity index (χ1n) is 10.2. The van der Waals surface area contributed by atoms with Crippen molar-refractivity contribution in [3.63, 3.8) is 0 Å². The number of anilines is 1. The van der Waals surface area contributed by atoms with E-state index in [4.69, 9.17) is 15.2 Å². The Hall–Kier alpha value is -3.35. The van der Waals surface area contributed by atoms with Gasteiger partial charge in [0, 0.05) is 17.4 Å². The summed E-state index contributed by atoms with van der Waals surface area (Å²) in [7, 11) is 0.967. The fourth-order valence-electron chi connectivity index (χ4n) is 4.14. The van der Waals surface area contributed by atoms with E-state index in [1.54, 1.807) is 0 Å². The van der Waals surface area contributed by atoms with E-state index in [9.17, 15) is 35.9 Å². The molecule has 2 aromatic rings. The second-order valence-corrected chi connectivity index (χ2v) is 8.13. The Morgan fingerprint density at radius 3 is 2.37 bits per heavy atom. The zero-order valence-corrected chi connectivity index (χ0v) is 18.6. The van der Waals surface area contributed by atoms with Crippen LogP contribution in [0.15, 0.2) is 30.5 Å². The molecule has 2 amide bonds. The highest BCUT2D eigenvalue weighted by molar-refractivity contribution is 5.96. The number of methoxy groups -OCH3 is 1. The number of nitrogens with zero attached hydrogens (tertiary/aromatic N) is 1. The average Bonchev–Trinajstić information content (AvgIpc) is 3.05. The van der Waals surface area contributed by atoms with Crippen LogP contribution in [0, 0.1) is 11.7 Å². The molecule has 1 aliphatic heterocycles. The van der Waals surface area contributed by atoms with Gasteiger partial charge in [0.15, 0.2) is 5.60 Å². The summed E-state index contributed by atoms with van der Waals surface area (Å²) in [4.78, 5) is 28.0. The van der Waals surface area contributed by atoms with Gasteiger partial charge < -0.3 is 20.5 Å². The smallest absolute Gasteiger partial charge is 0.417 e. The molecular formula is C22H21F6N3O4. The first-order chi connectivity index (χ1) is 16.2. The third-order valence-electron chi connectivity index (χ3n) is 6.17. The summed E-state index contributed by atoms with van der Waals surface area (Å²) in [6.45, 7) is 1.89. The summed E-state index contributed by atoms with van der Waals surface area (Å²) in [5.41, 5.74) is 0.759. The molecule has 1 fully saturated rings. The predicted octanol–water partition coefficient (Wildman–Crippen LogP) is 4.34. The quantitative estimate of drug-likeness (QED) is 0.569. The molecule has 1 aromatic carbocycles. The van der Waals surface area contributed by atoms with E-state index in [-0.39, 0.29) is 16.9 Å². The highest BCUT2D eigenvalue weighted by Crippen LogP contribution is 2.55. The minimum absolute atomic E-state index is 0.00922. The number of rotatable bonds is 6. The number of ether oxygens (including phenoxy) is 2. The predicted molar refractivity (Wildman–Crippen MR) is 111 cm³/mol. The lowest BCUT2D eigenvalue weighted by Gasteiger charge is -2.32. The van der Waals surface area contributed by atoms with Crippen LogP contribution in [0.25, 0.3) is 0 Å². The second kappa shape index (κ2) is 9.36. The van der Waals surface area contributed by atoms with Crippen molar-refractivity contribution in [2.75, 3.05) is 12.4 Å². The lowest BCUT2D eigenvalue weighted by molar-refractivity contribution is -0.272. The van der Waals surface area contributed by atoms with Crippen LogP contribution in [0.5, 0.6) is 5.75 Å². The number of primary amides is 1. The number of amides is 2. The van der Waals surface area contributed by atoms with Crippen molar-refractivity contribution in [1.29, 1.82) is 0 Å². The molecule has 0 saturated carbocycles. The van der Waals surface area contributed by atoms with E-state index in [0.717, 1.165) is 33.2 Å². The average molecular weight is 505 g/mol. The number of carbonyl (C=O) groups is 2. The lowest BCUT2D eigenvalue weighted by Crippen LogP contribution is -2.47. The summed E-state index contributed by atoms with van der Waals surface area (Å²) in [5.74, 6) is -6.79. The van der Waals surface area contributed by atoms with Gasteiger partial charge in [-0.05, 0) is 25.1 Å². The van der Waals surface area contributed by atoms with E-state index in [0.29, 0.717) is 6.07 Å². The number of carbonyl (C=O) groups excluding carboxylic acids is 2. The van der Waals surface area contributed by atoms with Gasteiger partial charge in [-0.1, -0.05) is 13.0 Å². The molecule has 0 unspecified atom stereocenters. The maximum absolute atomic E-state index is 14.1. The fourth-order valence-corrected chi connectivity index (χ4v) is 4.14. The third kappa shape index (κ3) is 4.64. The molecule has 1 aliphatic rings. The van der Waals surface area contributed by atoms with Gasteiger partial charge in [-0.2, -0.15) is 13.2 Å². The van der Waals surface area contributed by atoms with Crippen LogP contribution in [0.1, 0.15) is 47.8 Å². The van der Waals surface area contributed by atoms with Crippen molar-refractivity contribution in [3.8, 4) is 5.75 Å². The van der Waals surface area contributed by atoms with Crippen molar-refractivity contribution in [3.05, 3.63) is 53.1 Å². The number of nitrogens with one attached hydrogen (secondary N) is 1. The van der Waals surface area contributed by atoms with Gasteiger partial charge in [0.25, 0.3) is 18.2 Å². The topological polar surface area (TPSA) is 104 Å². The van der Waals surface area contributed by atoms with Crippen LogP contribution < -0.4 is 15.8 Å². The summed E-state index contributed by atoms with van der Waals surface area (Å²) in [5, 5.41) is 2.34. The van der Waals surface area contributed by atoms with Gasteiger partial charge in [-0.25, -0.2) is 18.2 Å². The molecule has 0 bridgehead atoms. The van der Waals surface area contributed by atoms with Crippen LogP contribution >= 0.6 is 0 Å². The van der Waals surface area contributed by atoms with Crippen LogP contribution in [-0.4, -0.2) is 41.8 Å². The molecule has 3 rings (SSSR count). The molecule has 4 atom stereocenters. The van der Waals surface area contributed by atoms with Crippen molar-refractivity contribution < 1.29 is 45.4 Å². The van der Waals surface area contributed by atoms with Crippen molar-refractivity contribution in [2.45, 2.75) is 44.1 Å². The number of halogens is 6. The number of benzene rings is 1. The minimum atomic E-state index is -4.94. The Morgan fingerprint density at radius 1 is 1.23 bits per heavy atom. The van der Waals surface area contributed by atoms with Gasteiger partial charge in [0.1, 0.15) is 23.4 Å². The Balaban J connectivity index is 2.09. The van der Waals surface area contributed by atoms with Crippen molar-refractivity contribution in [1.82, 2.24) is 4.98 Å². The Morgan fingerprint density at radius 2 is 1.89 bits per heavy atom. The van der Waals surface area contributed by atoms with E-state index in [2.05, 4.69) is 10.3 Å². The monoisotopic (exact) mass is 505 g/mol. The summed E-state index contributed by atoms with van der Waals surface area (Å²) in [6.07, 6.45) is -9.05. The SMILES string of the molecule is COc1c([C@@H]2[C@@H](C(=O)Nc3ccc(C(N)=O)nc3)O[C@](C)(C(F)(F)F)[C@@H]2C)ccc(F)c1C(F)F. The first kappa shape index (κ1) is 26.3. The number of alkyl halides is 5. The number of aromatic nitrogens is 1. The van der Waals surface area contributed by atoms with Crippen molar-refractivity contribution in [2.24, 2.45) is 11.7 Å². The number of pyridine rings is 1. The van der Waals surface area contributed by atoms with Gasteiger partial charge in [-0.3, -0.25) is 9.59 Å². The summed E-state index contributed by atoms with van der Waals surface area (Å²) < 4.78 is 93.5. The number of hydrogen-bond donors (Lipinski definition) is 2. The maximum atomic E-state index is 14.1. The van der Waals surface area contributed by atoms with Gasteiger partial charge >= 0.3 is 6.18 Å². The second-order valence-electron chi connectivity index (χ2n) is 8.13. The molecule has 0 aliphatic carbocycles. The largest absolute Gasteiger partial charge is 0.496 e. The molecule has 1 aromatic heterocycles. The Bertz CT molecular complexity index is 1130. The lowest BCUT2D eigenvalue weighted by atomic mass is 9.76. The molecule has 13 heteroatoms. The molecule has 0 radical (unpaired) electrons. The fraction of sp³-hybridized carbons (Fsp3) is 0.409. The zero-order valence-electron chi connectivity index (χ0n) is 18.6. The van der Waals surface area contributed by atoms with E-state index in [1.807, 2.05) is 0 Å². The third-order valence-corrected chi connectivity index (χ3v) is 6.17. The minimum Gasteiger partial charge on any atom is -0.496 e. The number of hydrogen-bond acceptors (Lipinski definition) is 5. The highest BCUT2D eigenvalue weighted by Gasteiger charge is 2.66. The molecule has 1 saturated heterocycles. The highest BCUT2D eigenvalue weighted by atomic mass is 19.4. The van der Waals surface area contributed by atoms with Crippen LogP contribution in [0.3, 0.4) is 0 Å². The molecule has 2 heterocycles. The normalized spacial score (nSPS) is 24.5. The van der Waals surface area contributed by atoms with Crippen LogP contribution in [-0.2, 0) is 9.53 Å². The zero-order chi connectivity index (χ0) is 26.3. The van der Waals surface area contributed by atoms with Crippen molar-refractivity contribution >= 4 is 17.5 Å². The Labute approximate surface area is 195 Å². The van der Waals surface area contributed by atoms with E-state index >= 15 is 0 Å². The van der Waals surface area contributed by atoms with Crippen LogP contribution in [0.2, 0.25) is 0 Å². The van der Waals surface area contributed by atoms with E-state index in [1.165, 1.54) is 12.1 Å². The van der Waals surface area contributed by atoms with Gasteiger partial charge in [0.2, 0.25) is 0 Å². The molecule has 190 valence electrons. The molecule has 0 spiro atoms. The molecule has 35 heavy (non-hydrogen) atoms.